The molecule has 0 saturated carbocycles. The number of nitrogens with one attached hydrogen (secondary N) is 2. The van der Waals surface area contributed by atoms with E-state index in [2.05, 4.69) is 15.8 Å². The highest BCUT2D eigenvalue weighted by atomic mass is 16.6. The monoisotopic (exact) mass is 543 g/mol. The molecule has 2 amide bonds. The molecular formula is C32H25N5O4. The molecule has 5 aromatic rings. The van der Waals surface area contributed by atoms with Gasteiger partial charge in [0, 0.05) is 41.6 Å². The second kappa shape index (κ2) is 11.9. The minimum atomic E-state index is -0.437. The molecule has 0 bridgehead atoms. The van der Waals surface area contributed by atoms with Crippen LogP contribution >= 0.6 is 0 Å². The third-order valence-electron chi connectivity index (χ3n) is 6.28. The first-order valence-electron chi connectivity index (χ1n) is 12.7. The molecule has 4 aromatic carbocycles. The third-order valence-corrected chi connectivity index (χ3v) is 6.28. The summed E-state index contributed by atoms with van der Waals surface area (Å²) in [5, 5.41) is 18.2. The van der Waals surface area contributed by atoms with Crippen molar-refractivity contribution in [3.05, 3.63) is 137 Å². The van der Waals surface area contributed by atoms with Crippen LogP contribution in [-0.4, -0.2) is 27.5 Å². The fourth-order valence-corrected chi connectivity index (χ4v) is 4.50. The second-order valence-electron chi connectivity index (χ2n) is 9.14. The number of carbonyl (C=O) groups excluding carboxylic acids is 2. The summed E-state index contributed by atoms with van der Waals surface area (Å²) >= 11 is 0. The zero-order valence-electron chi connectivity index (χ0n) is 22.0. The van der Waals surface area contributed by atoms with Crippen molar-refractivity contribution in [2.45, 2.75) is 6.92 Å². The number of amides is 2. The largest absolute Gasteiger partial charge is 0.326 e. The molecule has 9 heteroatoms. The summed E-state index contributed by atoms with van der Waals surface area (Å²) in [6.07, 6.45) is 1.58. The lowest BCUT2D eigenvalue weighted by atomic mass is 10.1. The number of hydrazone groups is 1. The Hall–Kier alpha value is -5.83. The van der Waals surface area contributed by atoms with E-state index in [0.717, 1.165) is 33.8 Å². The van der Waals surface area contributed by atoms with Crippen LogP contribution in [0.5, 0.6) is 0 Å². The maximum Gasteiger partial charge on any atom is 0.271 e. The van der Waals surface area contributed by atoms with Crippen LogP contribution in [0, 0.1) is 10.1 Å². The van der Waals surface area contributed by atoms with E-state index in [1.807, 2.05) is 71.3 Å². The number of hydrogen-bond acceptors (Lipinski definition) is 5. The van der Waals surface area contributed by atoms with Gasteiger partial charge in [-0.15, -0.1) is 0 Å². The van der Waals surface area contributed by atoms with Crippen molar-refractivity contribution in [3.8, 4) is 28.2 Å². The Morgan fingerprint density at radius 1 is 0.829 bits per heavy atom. The number of hydrogen-bond donors (Lipinski definition) is 2. The van der Waals surface area contributed by atoms with Gasteiger partial charge in [-0.25, -0.2) is 5.43 Å². The first kappa shape index (κ1) is 26.8. The van der Waals surface area contributed by atoms with E-state index >= 15 is 0 Å². The highest BCUT2D eigenvalue weighted by Crippen LogP contribution is 2.35. The summed E-state index contributed by atoms with van der Waals surface area (Å²) in [4.78, 5) is 35.1. The number of benzene rings is 4. The van der Waals surface area contributed by atoms with E-state index in [9.17, 15) is 19.7 Å². The van der Waals surface area contributed by atoms with Crippen LogP contribution in [0.25, 0.3) is 28.2 Å². The number of nitrogens with zero attached hydrogens (tertiary/aromatic N) is 3. The van der Waals surface area contributed by atoms with Crippen LogP contribution in [0.1, 0.15) is 22.8 Å². The molecule has 2 N–H and O–H groups in total. The van der Waals surface area contributed by atoms with Gasteiger partial charge >= 0.3 is 0 Å². The molecule has 0 saturated heterocycles. The molecule has 1 heterocycles. The fourth-order valence-electron chi connectivity index (χ4n) is 4.50. The summed E-state index contributed by atoms with van der Waals surface area (Å²) in [5.41, 5.74) is 8.32. The van der Waals surface area contributed by atoms with Gasteiger partial charge in [0.15, 0.2) is 0 Å². The summed E-state index contributed by atoms with van der Waals surface area (Å²) in [6.45, 7) is 1.40. The Morgan fingerprint density at radius 3 is 2.12 bits per heavy atom. The lowest BCUT2D eigenvalue weighted by Crippen LogP contribution is -2.18. The van der Waals surface area contributed by atoms with Crippen molar-refractivity contribution in [3.63, 3.8) is 0 Å². The SMILES string of the molecule is CC(=O)Nc1cccc(C(=O)N/N=C\c2cc(-c3ccccc3)n(-c3ccc([N+](=O)[O-])cc3)c2-c2ccccc2)c1. The standard InChI is InChI=1S/C32H25N5O4/c1-22(38)34-27-14-8-13-25(19-27)32(39)35-33-21-26-20-30(23-9-4-2-5-10-23)36(31(26)24-11-6-3-7-12-24)28-15-17-29(18-16-28)37(40)41/h2-21H,1H3,(H,34,38)(H,35,39)/b33-21-. The smallest absolute Gasteiger partial charge is 0.271 e. The zero-order chi connectivity index (χ0) is 28.8. The Balaban J connectivity index is 1.58. The lowest BCUT2D eigenvalue weighted by Gasteiger charge is -2.15. The number of anilines is 1. The molecule has 0 radical (unpaired) electrons. The number of nitro groups is 1. The van der Waals surface area contributed by atoms with Gasteiger partial charge < -0.3 is 9.88 Å². The second-order valence-corrected chi connectivity index (χ2v) is 9.14. The molecule has 0 spiro atoms. The number of carbonyl (C=O) groups is 2. The summed E-state index contributed by atoms with van der Waals surface area (Å²) in [6, 6.07) is 34.4. The van der Waals surface area contributed by atoms with Crippen LogP contribution in [0.15, 0.2) is 120 Å². The minimum Gasteiger partial charge on any atom is -0.326 e. The zero-order valence-corrected chi connectivity index (χ0v) is 22.0. The first-order chi connectivity index (χ1) is 19.9. The van der Waals surface area contributed by atoms with Crippen molar-refractivity contribution in [2.75, 3.05) is 5.32 Å². The van der Waals surface area contributed by atoms with Gasteiger partial charge in [-0.05, 0) is 47.5 Å². The highest BCUT2D eigenvalue weighted by Gasteiger charge is 2.19. The fraction of sp³-hybridized carbons (Fsp3) is 0.0312. The van der Waals surface area contributed by atoms with E-state index in [0.29, 0.717) is 11.3 Å². The minimum absolute atomic E-state index is 0.00417. The van der Waals surface area contributed by atoms with Gasteiger partial charge in [0.1, 0.15) is 0 Å². The van der Waals surface area contributed by atoms with E-state index < -0.39 is 10.8 Å². The summed E-state index contributed by atoms with van der Waals surface area (Å²) in [7, 11) is 0. The van der Waals surface area contributed by atoms with Gasteiger partial charge in [-0.1, -0.05) is 66.7 Å². The topological polar surface area (TPSA) is 119 Å². The number of aromatic nitrogens is 1. The van der Waals surface area contributed by atoms with Crippen molar-refractivity contribution < 1.29 is 14.5 Å². The highest BCUT2D eigenvalue weighted by molar-refractivity contribution is 5.98. The molecule has 41 heavy (non-hydrogen) atoms. The van der Waals surface area contributed by atoms with Crippen molar-refractivity contribution >= 4 is 29.4 Å². The first-order valence-corrected chi connectivity index (χ1v) is 12.7. The van der Waals surface area contributed by atoms with Crippen LogP contribution in [0.3, 0.4) is 0 Å². The molecule has 0 fully saturated rings. The van der Waals surface area contributed by atoms with Gasteiger partial charge in [-0.3, -0.25) is 19.7 Å². The van der Waals surface area contributed by atoms with Gasteiger partial charge in [0.05, 0.1) is 22.5 Å². The Kier molecular flexibility index (Phi) is 7.78. The van der Waals surface area contributed by atoms with Gasteiger partial charge in [0.2, 0.25) is 5.91 Å². The average molecular weight is 544 g/mol. The molecule has 0 atom stereocenters. The molecule has 5 rings (SSSR count). The predicted octanol–water partition coefficient (Wildman–Crippen LogP) is 6.44. The van der Waals surface area contributed by atoms with Crippen LogP contribution < -0.4 is 10.7 Å². The summed E-state index contributed by atoms with van der Waals surface area (Å²) < 4.78 is 2.02. The lowest BCUT2D eigenvalue weighted by molar-refractivity contribution is -0.384. The normalized spacial score (nSPS) is 10.9. The number of rotatable bonds is 8. The molecule has 1 aromatic heterocycles. The molecule has 0 unspecified atom stereocenters. The Labute approximate surface area is 235 Å². The molecule has 0 aliphatic carbocycles. The molecule has 202 valence electrons. The van der Waals surface area contributed by atoms with Gasteiger partial charge in [-0.2, -0.15) is 5.10 Å². The van der Waals surface area contributed by atoms with Crippen LogP contribution in [-0.2, 0) is 4.79 Å². The van der Waals surface area contributed by atoms with E-state index in [1.54, 1.807) is 42.6 Å². The molecule has 0 aliphatic rings. The van der Waals surface area contributed by atoms with Crippen molar-refractivity contribution in [1.82, 2.24) is 9.99 Å². The van der Waals surface area contributed by atoms with Crippen molar-refractivity contribution in [1.29, 1.82) is 0 Å². The van der Waals surface area contributed by atoms with Crippen LogP contribution in [0.2, 0.25) is 0 Å². The Morgan fingerprint density at radius 2 is 1.49 bits per heavy atom. The third kappa shape index (κ3) is 6.10. The van der Waals surface area contributed by atoms with E-state index in [1.165, 1.54) is 19.1 Å². The number of non-ortho nitro benzene ring substituents is 1. The van der Waals surface area contributed by atoms with E-state index in [4.69, 9.17) is 0 Å². The molecule has 9 nitrogen and oxygen atoms in total. The molecular weight excluding hydrogens is 518 g/mol. The Bertz CT molecular complexity index is 1740. The van der Waals surface area contributed by atoms with E-state index in [-0.39, 0.29) is 11.6 Å². The van der Waals surface area contributed by atoms with Gasteiger partial charge in [0.25, 0.3) is 11.6 Å². The quantitative estimate of drug-likeness (QED) is 0.133. The summed E-state index contributed by atoms with van der Waals surface area (Å²) in [5.74, 6) is -0.673. The maximum absolute atomic E-state index is 12.8. The maximum atomic E-state index is 12.8. The molecule has 0 aliphatic heterocycles. The number of nitro benzene ring substituents is 1. The van der Waals surface area contributed by atoms with Crippen LogP contribution in [0.4, 0.5) is 11.4 Å². The van der Waals surface area contributed by atoms with Crippen molar-refractivity contribution in [2.24, 2.45) is 5.10 Å². The average Bonchev–Trinajstić information content (AvgIpc) is 3.37. The predicted molar refractivity (Wildman–Crippen MR) is 159 cm³/mol.